The summed E-state index contributed by atoms with van der Waals surface area (Å²) in [7, 11) is 0. The van der Waals surface area contributed by atoms with Gasteiger partial charge < -0.3 is 9.73 Å². The minimum Gasteiger partial charge on any atom is -0.467 e. The maximum Gasteiger partial charge on any atom is 0.418 e. The zero-order valence-corrected chi connectivity index (χ0v) is 19.5. The first kappa shape index (κ1) is 24.3. The molecule has 1 aromatic carbocycles. The first-order valence-electron chi connectivity index (χ1n) is 11.1. The molecule has 1 aliphatic heterocycles. The molecule has 0 spiro atoms. The molecule has 3 heterocycles. The third-order valence-electron chi connectivity index (χ3n) is 5.64. The van der Waals surface area contributed by atoms with E-state index in [2.05, 4.69) is 20.4 Å². The number of amides is 1. The van der Waals surface area contributed by atoms with E-state index in [0.29, 0.717) is 18.1 Å². The number of halogens is 3. The number of hydrogen-bond donors (Lipinski definition) is 1. The molecule has 2 aromatic heterocycles. The van der Waals surface area contributed by atoms with Crippen LogP contribution in [-0.4, -0.2) is 44.4 Å². The predicted molar refractivity (Wildman–Crippen MR) is 121 cm³/mol. The second-order valence-electron chi connectivity index (χ2n) is 8.18. The fourth-order valence-electron chi connectivity index (χ4n) is 3.99. The summed E-state index contributed by atoms with van der Waals surface area (Å²) in [4.78, 5) is 14.7. The number of alkyl halides is 3. The molecule has 1 amide bonds. The predicted octanol–water partition coefficient (Wildman–Crippen LogP) is 4.83. The van der Waals surface area contributed by atoms with Crippen LogP contribution in [0.5, 0.6) is 0 Å². The Hall–Kier alpha value is -2.79. The van der Waals surface area contributed by atoms with Crippen LogP contribution in [0.15, 0.2) is 52.2 Å². The number of nitrogens with zero attached hydrogens (tertiary/aromatic N) is 4. The monoisotopic (exact) mass is 493 g/mol. The first-order chi connectivity index (χ1) is 16.3. The molecule has 1 fully saturated rings. The van der Waals surface area contributed by atoms with Crippen molar-refractivity contribution in [1.29, 1.82) is 0 Å². The molecule has 0 saturated carbocycles. The quantitative estimate of drug-likeness (QED) is 0.453. The second-order valence-corrected chi connectivity index (χ2v) is 9.12. The Morgan fingerprint density at radius 2 is 1.91 bits per heavy atom. The Kier molecular flexibility index (Phi) is 7.62. The molecular weight excluding hydrogens is 467 g/mol. The molecule has 11 heteroatoms. The van der Waals surface area contributed by atoms with E-state index >= 15 is 0 Å². The van der Waals surface area contributed by atoms with Crippen LogP contribution < -0.4 is 5.32 Å². The lowest BCUT2D eigenvalue weighted by Gasteiger charge is -2.26. The van der Waals surface area contributed by atoms with Crippen molar-refractivity contribution in [1.82, 2.24) is 25.0 Å². The molecule has 1 atom stereocenters. The summed E-state index contributed by atoms with van der Waals surface area (Å²) in [6.45, 7) is 3.91. The third kappa shape index (κ3) is 5.82. The lowest BCUT2D eigenvalue weighted by atomic mass is 10.1. The molecule has 34 heavy (non-hydrogen) atoms. The highest BCUT2D eigenvalue weighted by Gasteiger charge is 2.35. The van der Waals surface area contributed by atoms with Crippen LogP contribution in [0.1, 0.15) is 49.4 Å². The van der Waals surface area contributed by atoms with Gasteiger partial charge in [-0.2, -0.15) is 13.2 Å². The summed E-state index contributed by atoms with van der Waals surface area (Å²) in [5.74, 6) is 0.723. The molecule has 0 aliphatic carbocycles. The van der Waals surface area contributed by atoms with E-state index in [9.17, 15) is 18.0 Å². The molecule has 0 radical (unpaired) electrons. The highest BCUT2D eigenvalue weighted by Crippen LogP contribution is 2.36. The van der Waals surface area contributed by atoms with Crippen LogP contribution >= 0.6 is 11.8 Å². The Bertz CT molecular complexity index is 1090. The van der Waals surface area contributed by atoms with E-state index in [0.717, 1.165) is 50.2 Å². The molecule has 1 aliphatic rings. The highest BCUT2D eigenvalue weighted by molar-refractivity contribution is 7.99. The van der Waals surface area contributed by atoms with Crippen LogP contribution in [0, 0.1) is 0 Å². The number of likely N-dealkylation sites (tertiary alicyclic amines) is 1. The molecule has 0 bridgehead atoms. The SMILES string of the molecule is CC(NC(=O)CSc1nnc(CN2CCCCC2)n1-c1ccccc1C(F)(F)F)c1ccco1. The van der Waals surface area contributed by atoms with Crippen LogP contribution in [0.3, 0.4) is 0 Å². The summed E-state index contributed by atoms with van der Waals surface area (Å²) in [5.41, 5.74) is -0.814. The minimum atomic E-state index is -4.54. The number of nitrogens with one attached hydrogen (secondary N) is 1. The smallest absolute Gasteiger partial charge is 0.418 e. The number of aromatic nitrogens is 3. The fourth-order valence-corrected chi connectivity index (χ4v) is 4.76. The van der Waals surface area contributed by atoms with Crippen molar-refractivity contribution in [2.45, 2.75) is 50.1 Å². The van der Waals surface area contributed by atoms with Crippen molar-refractivity contribution in [3.05, 3.63) is 59.8 Å². The Labute approximate surface area is 199 Å². The number of hydrogen-bond acceptors (Lipinski definition) is 6. The average molecular weight is 494 g/mol. The van der Waals surface area contributed by atoms with Gasteiger partial charge in [0, 0.05) is 0 Å². The van der Waals surface area contributed by atoms with E-state index in [1.54, 1.807) is 25.1 Å². The van der Waals surface area contributed by atoms with Gasteiger partial charge in [-0.15, -0.1) is 10.2 Å². The number of thioether (sulfide) groups is 1. The van der Waals surface area contributed by atoms with Gasteiger partial charge in [0.2, 0.25) is 5.91 Å². The Balaban J connectivity index is 1.58. The van der Waals surface area contributed by atoms with Gasteiger partial charge in [-0.1, -0.05) is 30.3 Å². The van der Waals surface area contributed by atoms with E-state index in [-0.39, 0.29) is 28.5 Å². The Morgan fingerprint density at radius 3 is 2.62 bits per heavy atom. The maximum atomic E-state index is 13.8. The summed E-state index contributed by atoms with van der Waals surface area (Å²) < 4.78 is 48.2. The number of piperidine rings is 1. The molecule has 1 N–H and O–H groups in total. The van der Waals surface area contributed by atoms with Crippen LogP contribution in [0.4, 0.5) is 13.2 Å². The largest absolute Gasteiger partial charge is 0.467 e. The van der Waals surface area contributed by atoms with Gasteiger partial charge in [0.25, 0.3) is 0 Å². The number of furan rings is 1. The molecule has 7 nitrogen and oxygen atoms in total. The van der Waals surface area contributed by atoms with Gasteiger partial charge in [-0.05, 0) is 57.1 Å². The van der Waals surface area contributed by atoms with Crippen molar-refractivity contribution >= 4 is 17.7 Å². The zero-order chi connectivity index (χ0) is 24.1. The number of carbonyl (C=O) groups excluding carboxylic acids is 1. The summed E-state index contributed by atoms with van der Waals surface area (Å²) in [6, 6.07) is 8.54. The van der Waals surface area contributed by atoms with Crippen molar-refractivity contribution in [3.63, 3.8) is 0 Å². The summed E-state index contributed by atoms with van der Waals surface area (Å²) >= 11 is 1.05. The second kappa shape index (κ2) is 10.6. The molecule has 182 valence electrons. The topological polar surface area (TPSA) is 76.2 Å². The maximum absolute atomic E-state index is 13.8. The Morgan fingerprint density at radius 1 is 1.15 bits per heavy atom. The summed E-state index contributed by atoms with van der Waals surface area (Å²) in [5, 5.41) is 11.5. The highest BCUT2D eigenvalue weighted by atomic mass is 32.2. The van der Waals surface area contributed by atoms with Crippen LogP contribution in [-0.2, 0) is 17.5 Å². The standard InChI is InChI=1S/C23H26F3N5O2S/c1-16(19-10-7-13-33-19)27-21(32)15-34-22-29-28-20(14-30-11-5-2-6-12-30)31(22)18-9-4-3-8-17(18)23(24,25)26/h3-4,7-10,13,16H,2,5-6,11-12,14-15H2,1H3,(H,27,32). The minimum absolute atomic E-state index is 0.0267. The normalized spacial score (nSPS) is 15.9. The van der Waals surface area contributed by atoms with Crippen molar-refractivity contribution in [2.24, 2.45) is 0 Å². The van der Waals surface area contributed by atoms with Gasteiger partial charge >= 0.3 is 6.18 Å². The van der Waals surface area contributed by atoms with E-state index in [1.807, 2.05) is 0 Å². The molecule has 1 saturated heterocycles. The van der Waals surface area contributed by atoms with Gasteiger partial charge in [0.05, 0.1) is 35.9 Å². The van der Waals surface area contributed by atoms with Gasteiger partial charge in [0.15, 0.2) is 11.0 Å². The number of carbonyl (C=O) groups is 1. The molecule has 3 aromatic rings. The molecule has 1 unspecified atom stereocenters. The van der Waals surface area contributed by atoms with E-state index < -0.39 is 11.7 Å². The number of para-hydroxylation sites is 1. The zero-order valence-electron chi connectivity index (χ0n) is 18.7. The van der Waals surface area contributed by atoms with Gasteiger partial charge in [0.1, 0.15) is 5.76 Å². The van der Waals surface area contributed by atoms with Gasteiger partial charge in [-0.25, -0.2) is 0 Å². The number of benzene rings is 1. The fraction of sp³-hybridized carbons (Fsp3) is 0.435. The van der Waals surface area contributed by atoms with Crippen LogP contribution in [0.25, 0.3) is 5.69 Å². The molecular formula is C23H26F3N5O2S. The third-order valence-corrected chi connectivity index (χ3v) is 6.57. The lowest BCUT2D eigenvalue weighted by molar-refractivity contribution is -0.137. The summed E-state index contributed by atoms with van der Waals surface area (Å²) in [6.07, 6.45) is 0.219. The van der Waals surface area contributed by atoms with E-state index in [1.165, 1.54) is 23.0 Å². The van der Waals surface area contributed by atoms with Crippen molar-refractivity contribution in [2.75, 3.05) is 18.8 Å². The van der Waals surface area contributed by atoms with Gasteiger partial charge in [-0.3, -0.25) is 14.3 Å². The molecule has 4 rings (SSSR count). The average Bonchev–Trinajstić information content (AvgIpc) is 3.48. The van der Waals surface area contributed by atoms with Crippen molar-refractivity contribution < 1.29 is 22.4 Å². The van der Waals surface area contributed by atoms with Crippen molar-refractivity contribution in [3.8, 4) is 5.69 Å². The van der Waals surface area contributed by atoms with Crippen LogP contribution in [0.2, 0.25) is 0 Å². The number of rotatable bonds is 8. The first-order valence-corrected chi connectivity index (χ1v) is 12.1. The van der Waals surface area contributed by atoms with E-state index in [4.69, 9.17) is 4.42 Å². The lowest BCUT2D eigenvalue weighted by Crippen LogP contribution is -2.30.